The number of nitrogens with one attached hydrogen (secondary N) is 2. The van der Waals surface area contributed by atoms with Gasteiger partial charge >= 0.3 is 11.8 Å². The highest BCUT2D eigenvalue weighted by molar-refractivity contribution is 5.95. The van der Waals surface area contributed by atoms with Crippen molar-refractivity contribution >= 4 is 11.8 Å². The van der Waals surface area contributed by atoms with E-state index in [1.165, 1.54) is 0 Å². The third-order valence-corrected chi connectivity index (χ3v) is 4.34. The highest BCUT2D eigenvalue weighted by Crippen LogP contribution is 2.35. The Balaban J connectivity index is 1.30. The number of rotatable bonds is 6. The maximum atomic E-state index is 12.2. The van der Waals surface area contributed by atoms with Crippen LogP contribution in [0.3, 0.4) is 0 Å². The van der Waals surface area contributed by atoms with Gasteiger partial charge in [-0.1, -0.05) is 23.4 Å². The number of benzene rings is 2. The number of carbonyl (C=O) groups is 2. The fourth-order valence-corrected chi connectivity index (χ4v) is 2.82. The van der Waals surface area contributed by atoms with Crippen LogP contribution >= 0.6 is 0 Å². The molecule has 0 spiro atoms. The molecule has 9 heteroatoms. The van der Waals surface area contributed by atoms with Gasteiger partial charge in [0.05, 0.1) is 0 Å². The van der Waals surface area contributed by atoms with Crippen molar-refractivity contribution in [3.8, 4) is 22.9 Å². The lowest BCUT2D eigenvalue weighted by atomic mass is 10.1. The molecule has 0 bridgehead atoms. The molecule has 0 unspecified atom stereocenters. The van der Waals surface area contributed by atoms with Gasteiger partial charge in [0.15, 0.2) is 11.5 Å². The maximum absolute atomic E-state index is 12.2. The summed E-state index contributed by atoms with van der Waals surface area (Å²) in [5, 5.41) is 9.21. The van der Waals surface area contributed by atoms with Gasteiger partial charge in [0.25, 0.3) is 5.91 Å². The van der Waals surface area contributed by atoms with Crippen LogP contribution in [0.15, 0.2) is 47.0 Å². The van der Waals surface area contributed by atoms with Crippen molar-refractivity contribution < 1.29 is 23.6 Å². The molecule has 0 saturated heterocycles. The third kappa shape index (κ3) is 4.03. The molecule has 2 heterocycles. The first-order valence-corrected chi connectivity index (χ1v) is 8.97. The molecule has 0 fully saturated rings. The first-order valence-electron chi connectivity index (χ1n) is 8.97. The molecule has 29 heavy (non-hydrogen) atoms. The summed E-state index contributed by atoms with van der Waals surface area (Å²) in [6.07, 6.45) is 0. The van der Waals surface area contributed by atoms with Crippen molar-refractivity contribution in [3.63, 3.8) is 0 Å². The van der Waals surface area contributed by atoms with Crippen molar-refractivity contribution in [1.82, 2.24) is 20.8 Å². The first-order chi connectivity index (χ1) is 14.1. The van der Waals surface area contributed by atoms with Crippen LogP contribution in [0, 0.1) is 6.92 Å². The molecule has 3 aromatic rings. The van der Waals surface area contributed by atoms with Crippen LogP contribution in [-0.2, 0) is 0 Å². The molecule has 0 saturated carbocycles. The normalized spacial score (nSPS) is 11.9. The summed E-state index contributed by atoms with van der Waals surface area (Å²) < 4.78 is 15.6. The van der Waals surface area contributed by atoms with Crippen LogP contribution in [0.2, 0.25) is 0 Å². The molecular weight excluding hydrogens is 376 g/mol. The molecule has 148 valence electrons. The van der Waals surface area contributed by atoms with Gasteiger partial charge < -0.3 is 24.6 Å². The van der Waals surface area contributed by atoms with E-state index in [1.807, 2.05) is 19.1 Å². The number of ether oxygens (including phenoxy) is 2. The second-order valence-electron chi connectivity index (χ2n) is 6.32. The predicted octanol–water partition coefficient (Wildman–Crippen LogP) is 1.93. The van der Waals surface area contributed by atoms with E-state index >= 15 is 0 Å². The van der Waals surface area contributed by atoms with Gasteiger partial charge in [-0.15, -0.1) is 0 Å². The lowest BCUT2D eigenvalue weighted by Crippen LogP contribution is -2.35. The van der Waals surface area contributed by atoms with E-state index in [2.05, 4.69) is 20.8 Å². The van der Waals surface area contributed by atoms with Crippen LogP contribution in [0.25, 0.3) is 11.4 Å². The van der Waals surface area contributed by atoms with E-state index < -0.39 is 5.91 Å². The van der Waals surface area contributed by atoms with E-state index in [1.54, 1.807) is 30.3 Å². The Morgan fingerprint density at radius 1 is 1.00 bits per heavy atom. The van der Waals surface area contributed by atoms with E-state index in [9.17, 15) is 9.59 Å². The largest absolute Gasteiger partial charge is 0.454 e. The molecule has 1 aliphatic heterocycles. The molecule has 1 aliphatic rings. The van der Waals surface area contributed by atoms with Crippen molar-refractivity contribution in [1.29, 1.82) is 0 Å². The fraction of sp³-hybridized carbons (Fsp3) is 0.200. The molecule has 1 aromatic heterocycles. The minimum Gasteiger partial charge on any atom is -0.454 e. The van der Waals surface area contributed by atoms with Crippen molar-refractivity contribution in [2.45, 2.75) is 6.92 Å². The number of aromatic nitrogens is 2. The quantitative estimate of drug-likeness (QED) is 0.614. The topological polar surface area (TPSA) is 116 Å². The van der Waals surface area contributed by atoms with Gasteiger partial charge in [0.1, 0.15) is 0 Å². The number of hydrogen-bond acceptors (Lipinski definition) is 7. The summed E-state index contributed by atoms with van der Waals surface area (Å²) >= 11 is 0. The van der Waals surface area contributed by atoms with Crippen molar-refractivity contribution in [3.05, 3.63) is 59.5 Å². The monoisotopic (exact) mass is 394 g/mol. The molecular formula is C20H18N4O5. The number of carbonyl (C=O) groups excluding carboxylic acids is 2. The molecule has 2 amide bonds. The molecule has 0 aliphatic carbocycles. The number of aryl methyl sites for hydroxylation is 1. The second kappa shape index (κ2) is 8.01. The SMILES string of the molecule is Cc1ccccc1C(=O)NCCNC(=O)c1nc(-c2ccc3c(c2)OCO3)no1. The van der Waals surface area contributed by atoms with E-state index in [0.717, 1.165) is 5.56 Å². The Hall–Kier alpha value is -3.88. The van der Waals surface area contributed by atoms with Crippen molar-refractivity contribution in [2.75, 3.05) is 19.9 Å². The van der Waals surface area contributed by atoms with E-state index in [0.29, 0.717) is 22.6 Å². The highest BCUT2D eigenvalue weighted by Gasteiger charge is 2.19. The summed E-state index contributed by atoms with van der Waals surface area (Å²) in [5.74, 6) is 0.615. The zero-order valence-corrected chi connectivity index (χ0v) is 15.6. The molecule has 0 atom stereocenters. The Labute approximate surface area is 166 Å². The van der Waals surface area contributed by atoms with Crippen LogP contribution in [-0.4, -0.2) is 41.8 Å². The highest BCUT2D eigenvalue weighted by atomic mass is 16.7. The minimum absolute atomic E-state index is 0.164. The van der Waals surface area contributed by atoms with Crippen LogP contribution in [0.4, 0.5) is 0 Å². The van der Waals surface area contributed by atoms with E-state index in [4.69, 9.17) is 14.0 Å². The molecule has 2 aromatic carbocycles. The molecule has 0 radical (unpaired) electrons. The predicted molar refractivity (Wildman–Crippen MR) is 102 cm³/mol. The first kappa shape index (κ1) is 18.5. The Bertz CT molecular complexity index is 1060. The lowest BCUT2D eigenvalue weighted by molar-refractivity contribution is 0.0898. The molecule has 4 rings (SSSR count). The van der Waals surface area contributed by atoms with Gasteiger partial charge in [-0.2, -0.15) is 4.98 Å². The Morgan fingerprint density at radius 3 is 2.59 bits per heavy atom. The standard InChI is InChI=1S/C20H18N4O5/c1-12-4-2-3-5-14(12)18(25)21-8-9-22-19(26)20-23-17(24-29-20)13-6-7-15-16(10-13)28-11-27-15/h2-7,10H,8-9,11H2,1H3,(H,21,25)(H,22,26). The summed E-state index contributed by atoms with van der Waals surface area (Å²) in [6, 6.07) is 12.5. The number of amides is 2. The summed E-state index contributed by atoms with van der Waals surface area (Å²) in [6.45, 7) is 2.52. The lowest BCUT2D eigenvalue weighted by Gasteiger charge is -2.07. The van der Waals surface area contributed by atoms with Crippen LogP contribution in [0.1, 0.15) is 26.6 Å². The number of fused-ring (bicyclic) bond motifs is 1. The Morgan fingerprint density at radius 2 is 1.76 bits per heavy atom. The van der Waals surface area contributed by atoms with Crippen LogP contribution < -0.4 is 20.1 Å². The average Bonchev–Trinajstić information content (AvgIpc) is 3.40. The summed E-state index contributed by atoms with van der Waals surface area (Å²) in [5.41, 5.74) is 2.13. The summed E-state index contributed by atoms with van der Waals surface area (Å²) in [7, 11) is 0. The van der Waals surface area contributed by atoms with Gasteiger partial charge in [-0.3, -0.25) is 9.59 Å². The zero-order chi connectivity index (χ0) is 20.2. The Kier molecular flexibility index (Phi) is 5.10. The van der Waals surface area contributed by atoms with Crippen molar-refractivity contribution in [2.24, 2.45) is 0 Å². The van der Waals surface area contributed by atoms with Gasteiger partial charge in [0.2, 0.25) is 12.6 Å². The molecule has 2 N–H and O–H groups in total. The minimum atomic E-state index is -0.519. The average molecular weight is 394 g/mol. The third-order valence-electron chi connectivity index (χ3n) is 4.34. The zero-order valence-electron chi connectivity index (χ0n) is 15.6. The fourth-order valence-electron chi connectivity index (χ4n) is 2.82. The van der Waals surface area contributed by atoms with E-state index in [-0.39, 0.29) is 37.5 Å². The van der Waals surface area contributed by atoms with Crippen LogP contribution in [0.5, 0.6) is 11.5 Å². The number of hydrogen-bond donors (Lipinski definition) is 2. The maximum Gasteiger partial charge on any atom is 0.316 e. The number of nitrogens with zero attached hydrogens (tertiary/aromatic N) is 2. The smallest absolute Gasteiger partial charge is 0.316 e. The summed E-state index contributed by atoms with van der Waals surface area (Å²) in [4.78, 5) is 28.4. The second-order valence-corrected chi connectivity index (χ2v) is 6.32. The van der Waals surface area contributed by atoms with Gasteiger partial charge in [-0.05, 0) is 36.8 Å². The van der Waals surface area contributed by atoms with Gasteiger partial charge in [-0.25, -0.2) is 0 Å². The molecule has 9 nitrogen and oxygen atoms in total. The van der Waals surface area contributed by atoms with Gasteiger partial charge in [0, 0.05) is 24.2 Å².